The summed E-state index contributed by atoms with van der Waals surface area (Å²) >= 11 is 1.46. The lowest BCUT2D eigenvalue weighted by Crippen LogP contribution is -2.27. The molecule has 1 aromatic heterocycles. The molecule has 1 heterocycles. The van der Waals surface area contributed by atoms with Crippen LogP contribution in [0.4, 0.5) is 5.00 Å². The summed E-state index contributed by atoms with van der Waals surface area (Å²) in [6.45, 7) is 7.69. The van der Waals surface area contributed by atoms with Crippen LogP contribution in [0.25, 0.3) is 0 Å². The highest BCUT2D eigenvalue weighted by molar-refractivity contribution is 7.16. The summed E-state index contributed by atoms with van der Waals surface area (Å²) in [5.74, 6) is -0.369. The third-order valence-corrected chi connectivity index (χ3v) is 4.87. The molecule has 1 unspecified atom stereocenters. The molecule has 1 atom stereocenters. The monoisotopic (exact) mass is 339 g/mol. The van der Waals surface area contributed by atoms with Crippen LogP contribution in [0.15, 0.2) is 0 Å². The Kier molecular flexibility index (Phi) is 5.34. The van der Waals surface area contributed by atoms with Crippen LogP contribution in [-0.4, -0.2) is 24.1 Å². The maximum absolute atomic E-state index is 12.1. The van der Waals surface area contributed by atoms with Gasteiger partial charge in [-0.3, -0.25) is 4.79 Å². The molecular formula is C17H25NO4S. The molecule has 0 saturated carbocycles. The summed E-state index contributed by atoms with van der Waals surface area (Å²) in [6.07, 6.45) is 2.80. The van der Waals surface area contributed by atoms with E-state index in [2.05, 4.69) is 0 Å². The topological polar surface area (TPSA) is 78.6 Å². The van der Waals surface area contributed by atoms with Gasteiger partial charge in [0.15, 0.2) is 0 Å². The van der Waals surface area contributed by atoms with Crippen LogP contribution >= 0.6 is 11.3 Å². The Morgan fingerprint density at radius 2 is 2.04 bits per heavy atom. The fraction of sp³-hybridized carbons (Fsp3) is 0.647. The van der Waals surface area contributed by atoms with Gasteiger partial charge in [-0.1, -0.05) is 0 Å². The van der Waals surface area contributed by atoms with Gasteiger partial charge in [-0.05, 0) is 58.4 Å². The lowest BCUT2D eigenvalue weighted by molar-refractivity contribution is -0.156. The molecule has 6 heteroatoms. The molecule has 2 N–H and O–H groups in total. The normalized spacial score (nSPS) is 17.5. The Bertz CT molecular complexity index is 600. The number of thiophene rings is 1. The molecule has 0 spiro atoms. The zero-order valence-corrected chi connectivity index (χ0v) is 15.0. The maximum atomic E-state index is 12.1. The van der Waals surface area contributed by atoms with Crippen molar-refractivity contribution < 1.29 is 19.1 Å². The number of anilines is 1. The number of aryl methyl sites for hydroxylation is 1. The number of carbonyl (C=O) groups is 2. The minimum atomic E-state index is -0.472. The molecule has 0 fully saturated rings. The van der Waals surface area contributed by atoms with Crippen molar-refractivity contribution >= 4 is 28.3 Å². The van der Waals surface area contributed by atoms with E-state index in [1.165, 1.54) is 11.3 Å². The van der Waals surface area contributed by atoms with Crippen LogP contribution in [-0.2, 0) is 27.1 Å². The molecule has 0 radical (unpaired) electrons. The van der Waals surface area contributed by atoms with E-state index in [9.17, 15) is 9.59 Å². The fourth-order valence-electron chi connectivity index (χ4n) is 2.90. The molecule has 0 amide bonds. The minimum absolute atomic E-state index is 0.180. The van der Waals surface area contributed by atoms with Crippen molar-refractivity contribution in [2.75, 3.05) is 12.3 Å². The second-order valence-electron chi connectivity index (χ2n) is 6.86. The van der Waals surface area contributed by atoms with Gasteiger partial charge in [0.1, 0.15) is 10.6 Å². The number of carbonyl (C=O) groups excluding carboxylic acids is 2. The molecule has 5 nitrogen and oxygen atoms in total. The van der Waals surface area contributed by atoms with Crippen LogP contribution in [0, 0.1) is 5.92 Å². The summed E-state index contributed by atoms with van der Waals surface area (Å²) in [7, 11) is 0. The predicted molar refractivity (Wildman–Crippen MR) is 90.7 cm³/mol. The molecule has 128 valence electrons. The summed E-state index contributed by atoms with van der Waals surface area (Å²) in [5, 5.41) is 0.520. The van der Waals surface area contributed by atoms with Gasteiger partial charge in [-0.25, -0.2) is 4.79 Å². The largest absolute Gasteiger partial charge is 0.462 e. The van der Waals surface area contributed by atoms with Crippen molar-refractivity contribution in [2.24, 2.45) is 5.92 Å². The van der Waals surface area contributed by atoms with Gasteiger partial charge < -0.3 is 15.2 Å². The van der Waals surface area contributed by atoms with Crippen molar-refractivity contribution in [1.29, 1.82) is 0 Å². The highest BCUT2D eigenvalue weighted by Gasteiger charge is 2.30. The molecule has 2 rings (SSSR count). The number of hydrogen-bond donors (Lipinski definition) is 1. The molecule has 0 aromatic carbocycles. The van der Waals surface area contributed by atoms with E-state index in [0.717, 1.165) is 23.3 Å². The van der Waals surface area contributed by atoms with Gasteiger partial charge in [0.2, 0.25) is 0 Å². The highest BCUT2D eigenvalue weighted by Crippen LogP contribution is 2.39. The lowest BCUT2D eigenvalue weighted by atomic mass is 9.84. The van der Waals surface area contributed by atoms with E-state index in [1.807, 2.05) is 20.8 Å². The van der Waals surface area contributed by atoms with Gasteiger partial charge in [0.05, 0.1) is 12.2 Å². The van der Waals surface area contributed by atoms with E-state index < -0.39 is 5.60 Å². The van der Waals surface area contributed by atoms with Crippen molar-refractivity contribution in [3.8, 4) is 0 Å². The molecule has 1 aliphatic carbocycles. The third kappa shape index (κ3) is 4.47. The number of ether oxygens (including phenoxy) is 2. The molecule has 0 bridgehead atoms. The first-order valence-electron chi connectivity index (χ1n) is 8.00. The predicted octanol–water partition coefficient (Wildman–Crippen LogP) is 3.34. The fourth-order valence-corrected chi connectivity index (χ4v) is 4.00. The van der Waals surface area contributed by atoms with Crippen LogP contribution in [0.2, 0.25) is 0 Å². The van der Waals surface area contributed by atoms with E-state index in [-0.39, 0.29) is 17.9 Å². The van der Waals surface area contributed by atoms with Crippen LogP contribution in [0.1, 0.15) is 61.3 Å². The average molecular weight is 339 g/mol. The number of rotatable bonds is 4. The summed E-state index contributed by atoms with van der Waals surface area (Å²) < 4.78 is 10.5. The Morgan fingerprint density at radius 3 is 2.65 bits per heavy atom. The Hall–Kier alpha value is -1.56. The maximum Gasteiger partial charge on any atom is 0.341 e. The summed E-state index contributed by atoms with van der Waals surface area (Å²) in [6, 6.07) is 0. The van der Waals surface area contributed by atoms with Crippen molar-refractivity contribution in [1.82, 2.24) is 0 Å². The first-order chi connectivity index (χ1) is 10.7. The summed E-state index contributed by atoms with van der Waals surface area (Å²) in [5.41, 5.74) is 7.00. The molecule has 0 saturated heterocycles. The second-order valence-corrected chi connectivity index (χ2v) is 8.00. The second kappa shape index (κ2) is 6.91. The van der Waals surface area contributed by atoms with Crippen molar-refractivity contribution in [2.45, 2.75) is 59.0 Å². The highest BCUT2D eigenvalue weighted by atomic mass is 32.1. The van der Waals surface area contributed by atoms with E-state index in [0.29, 0.717) is 30.0 Å². The number of esters is 2. The lowest BCUT2D eigenvalue weighted by Gasteiger charge is -2.25. The molecule has 0 aliphatic heterocycles. The first-order valence-corrected chi connectivity index (χ1v) is 8.82. The van der Waals surface area contributed by atoms with E-state index in [1.54, 1.807) is 6.92 Å². The van der Waals surface area contributed by atoms with Crippen LogP contribution in [0.3, 0.4) is 0 Å². The zero-order valence-electron chi connectivity index (χ0n) is 14.2. The van der Waals surface area contributed by atoms with Gasteiger partial charge in [-0.15, -0.1) is 11.3 Å². The molecule has 1 aromatic rings. The van der Waals surface area contributed by atoms with Crippen LogP contribution in [0.5, 0.6) is 0 Å². The minimum Gasteiger partial charge on any atom is -0.462 e. The SMILES string of the molecule is CCOC(=O)c1c(N)sc2c1CC(CC(=O)OC(C)(C)C)CC2. The number of fused-ring (bicyclic) bond motifs is 1. The quantitative estimate of drug-likeness (QED) is 0.851. The number of hydrogen-bond acceptors (Lipinski definition) is 6. The zero-order chi connectivity index (χ0) is 17.2. The third-order valence-electron chi connectivity index (χ3n) is 3.75. The van der Waals surface area contributed by atoms with Gasteiger partial charge in [0, 0.05) is 11.3 Å². The number of nitrogens with two attached hydrogens (primary N) is 1. The first kappa shape index (κ1) is 17.8. The Labute approximate surface area is 141 Å². The van der Waals surface area contributed by atoms with Gasteiger partial charge in [-0.2, -0.15) is 0 Å². The van der Waals surface area contributed by atoms with E-state index in [4.69, 9.17) is 15.2 Å². The Morgan fingerprint density at radius 1 is 1.35 bits per heavy atom. The summed E-state index contributed by atoms with van der Waals surface area (Å²) in [4.78, 5) is 25.3. The molecular weight excluding hydrogens is 314 g/mol. The number of nitrogen functional groups attached to an aromatic ring is 1. The van der Waals surface area contributed by atoms with Gasteiger partial charge in [0.25, 0.3) is 0 Å². The van der Waals surface area contributed by atoms with Crippen molar-refractivity contribution in [3.63, 3.8) is 0 Å². The van der Waals surface area contributed by atoms with E-state index >= 15 is 0 Å². The average Bonchev–Trinajstić information content (AvgIpc) is 2.72. The van der Waals surface area contributed by atoms with Crippen molar-refractivity contribution in [3.05, 3.63) is 16.0 Å². The standard InChI is InChI=1S/C17H25NO4S/c1-5-21-16(20)14-11-8-10(6-7-12(11)23-15(14)18)9-13(19)22-17(2,3)4/h10H,5-9,18H2,1-4H3. The molecule has 1 aliphatic rings. The van der Waals surface area contributed by atoms with Gasteiger partial charge >= 0.3 is 11.9 Å². The smallest absolute Gasteiger partial charge is 0.341 e. The van der Waals surface area contributed by atoms with Crippen LogP contribution < -0.4 is 5.73 Å². The molecule has 23 heavy (non-hydrogen) atoms. The Balaban J connectivity index is 2.11.